The first kappa shape index (κ1) is 7.85. The van der Waals surface area contributed by atoms with E-state index in [9.17, 15) is 4.79 Å². The number of rotatable bonds is 2. The van der Waals surface area contributed by atoms with E-state index in [0.29, 0.717) is 5.56 Å². The molecule has 1 heterocycles. The van der Waals surface area contributed by atoms with Crippen LogP contribution >= 0.6 is 0 Å². The molecule has 1 rings (SSSR count). The van der Waals surface area contributed by atoms with Crippen molar-refractivity contribution >= 4 is 5.78 Å². The van der Waals surface area contributed by atoms with E-state index in [-0.39, 0.29) is 11.7 Å². The molecule has 0 saturated carbocycles. The Morgan fingerprint density at radius 1 is 1.45 bits per heavy atom. The van der Waals surface area contributed by atoms with Crippen molar-refractivity contribution in [1.29, 1.82) is 0 Å². The van der Waals surface area contributed by atoms with Crippen molar-refractivity contribution in [3.8, 4) is 0 Å². The third kappa shape index (κ3) is 1.83. The molecule has 0 aliphatic rings. The zero-order chi connectivity index (χ0) is 8.27. The summed E-state index contributed by atoms with van der Waals surface area (Å²) in [5.41, 5.74) is 0.634. The summed E-state index contributed by atoms with van der Waals surface area (Å²) in [7, 11) is 0. The number of hydrogen-bond donors (Lipinski definition) is 0. The summed E-state index contributed by atoms with van der Waals surface area (Å²) in [5.74, 6) is 0.138. The predicted molar refractivity (Wildman–Crippen MR) is 41.2 cm³/mol. The molecule has 0 bridgehead atoms. The molecule has 0 N–H and O–H groups in total. The molecule has 0 spiro atoms. The zero-order valence-electron chi connectivity index (χ0n) is 6.61. The summed E-state index contributed by atoms with van der Waals surface area (Å²) in [6.45, 7) is 3.73. The van der Waals surface area contributed by atoms with Crippen LogP contribution < -0.4 is 0 Å². The number of nitrogens with zero attached hydrogens (tertiary/aromatic N) is 2. The van der Waals surface area contributed by atoms with Crippen LogP contribution in [0.4, 0.5) is 0 Å². The number of Topliss-reactive ketones (excluding diaryl/α,β-unsaturated/α-hetero) is 1. The van der Waals surface area contributed by atoms with Gasteiger partial charge in [-0.25, -0.2) is 0 Å². The van der Waals surface area contributed by atoms with Gasteiger partial charge in [-0.3, -0.25) is 4.79 Å². The lowest BCUT2D eigenvalue weighted by Gasteiger charge is -2.00. The molecular weight excluding hydrogens is 140 g/mol. The second-order valence-corrected chi connectivity index (χ2v) is 2.65. The largest absolute Gasteiger partial charge is 0.294 e. The molecule has 0 amide bonds. The normalized spacial score (nSPS) is 10.1. The van der Waals surface area contributed by atoms with Gasteiger partial charge in [0.2, 0.25) is 0 Å². The van der Waals surface area contributed by atoms with Crippen LogP contribution in [0.5, 0.6) is 0 Å². The van der Waals surface area contributed by atoms with Gasteiger partial charge in [0.1, 0.15) is 0 Å². The number of aromatic nitrogens is 2. The molecule has 0 fully saturated rings. The predicted octanol–water partition coefficient (Wildman–Crippen LogP) is 1.32. The van der Waals surface area contributed by atoms with Gasteiger partial charge in [0.25, 0.3) is 0 Å². The first-order valence-corrected chi connectivity index (χ1v) is 3.52. The highest BCUT2D eigenvalue weighted by molar-refractivity contribution is 5.96. The van der Waals surface area contributed by atoms with Gasteiger partial charge in [0, 0.05) is 11.5 Å². The maximum Gasteiger partial charge on any atom is 0.167 e. The van der Waals surface area contributed by atoms with Gasteiger partial charge in [-0.15, -0.1) is 0 Å². The molecule has 1 aromatic heterocycles. The van der Waals surface area contributed by atoms with Gasteiger partial charge in [0.15, 0.2) is 5.78 Å². The lowest BCUT2D eigenvalue weighted by molar-refractivity contribution is 0.0939. The first-order valence-electron chi connectivity index (χ1n) is 3.52. The summed E-state index contributed by atoms with van der Waals surface area (Å²) < 4.78 is 0. The minimum absolute atomic E-state index is 0.0270. The van der Waals surface area contributed by atoms with Gasteiger partial charge in [0.05, 0.1) is 12.4 Å². The Morgan fingerprint density at radius 2 is 2.18 bits per heavy atom. The standard InChI is InChI=1S/C8H10N2O/c1-6(2)8(11)7-3-4-9-10-5-7/h3-6H,1-2H3. The number of carbonyl (C=O) groups is 1. The van der Waals surface area contributed by atoms with E-state index in [4.69, 9.17) is 0 Å². The van der Waals surface area contributed by atoms with Crippen LogP contribution in [0.25, 0.3) is 0 Å². The van der Waals surface area contributed by atoms with E-state index in [1.165, 1.54) is 12.4 Å². The molecule has 11 heavy (non-hydrogen) atoms. The van der Waals surface area contributed by atoms with Crippen LogP contribution in [0.15, 0.2) is 18.5 Å². The van der Waals surface area contributed by atoms with E-state index < -0.39 is 0 Å². The minimum Gasteiger partial charge on any atom is -0.294 e. The molecule has 0 saturated heterocycles. The summed E-state index contributed by atoms with van der Waals surface area (Å²) in [5, 5.41) is 7.20. The molecule has 3 nitrogen and oxygen atoms in total. The monoisotopic (exact) mass is 150 g/mol. The van der Waals surface area contributed by atoms with Crippen LogP contribution in [0.2, 0.25) is 0 Å². The summed E-state index contributed by atoms with van der Waals surface area (Å²) in [6.07, 6.45) is 3.01. The van der Waals surface area contributed by atoms with E-state index in [1.807, 2.05) is 13.8 Å². The van der Waals surface area contributed by atoms with Crippen molar-refractivity contribution < 1.29 is 4.79 Å². The fourth-order valence-corrected chi connectivity index (χ4v) is 0.770. The SMILES string of the molecule is CC(C)C(=O)c1ccnnc1. The summed E-state index contributed by atoms with van der Waals surface area (Å²) in [6, 6.07) is 1.68. The molecule has 3 heteroatoms. The smallest absolute Gasteiger partial charge is 0.167 e. The topological polar surface area (TPSA) is 42.9 Å². The molecular formula is C8H10N2O. The number of hydrogen-bond acceptors (Lipinski definition) is 3. The maximum absolute atomic E-state index is 11.3. The van der Waals surface area contributed by atoms with Crippen LogP contribution in [0.3, 0.4) is 0 Å². The fourth-order valence-electron chi connectivity index (χ4n) is 0.770. The molecule has 1 aromatic rings. The number of carbonyl (C=O) groups excluding carboxylic acids is 1. The van der Waals surface area contributed by atoms with Gasteiger partial charge in [-0.05, 0) is 6.07 Å². The van der Waals surface area contributed by atoms with Gasteiger partial charge < -0.3 is 0 Å². The highest BCUT2D eigenvalue weighted by Gasteiger charge is 2.09. The summed E-state index contributed by atoms with van der Waals surface area (Å²) >= 11 is 0. The zero-order valence-corrected chi connectivity index (χ0v) is 6.61. The first-order chi connectivity index (χ1) is 5.22. The second kappa shape index (κ2) is 3.23. The minimum atomic E-state index is 0.0270. The highest BCUT2D eigenvalue weighted by atomic mass is 16.1. The Morgan fingerprint density at radius 3 is 2.64 bits per heavy atom. The van der Waals surface area contributed by atoms with Crippen molar-refractivity contribution in [2.45, 2.75) is 13.8 Å². The van der Waals surface area contributed by atoms with E-state index >= 15 is 0 Å². The van der Waals surface area contributed by atoms with Crippen LogP contribution in [0, 0.1) is 5.92 Å². The summed E-state index contributed by atoms with van der Waals surface area (Å²) in [4.78, 5) is 11.3. The van der Waals surface area contributed by atoms with Gasteiger partial charge in [-0.1, -0.05) is 13.8 Å². The van der Waals surface area contributed by atoms with E-state index in [2.05, 4.69) is 10.2 Å². The van der Waals surface area contributed by atoms with E-state index in [1.54, 1.807) is 6.07 Å². The Labute approximate surface area is 65.5 Å². The lowest BCUT2D eigenvalue weighted by Crippen LogP contribution is -2.07. The van der Waals surface area contributed by atoms with Gasteiger partial charge in [-0.2, -0.15) is 10.2 Å². The molecule has 0 radical (unpaired) electrons. The molecule has 0 aliphatic heterocycles. The van der Waals surface area contributed by atoms with Crippen LogP contribution in [-0.4, -0.2) is 16.0 Å². The van der Waals surface area contributed by atoms with Crippen molar-refractivity contribution in [1.82, 2.24) is 10.2 Å². The third-order valence-electron chi connectivity index (χ3n) is 1.39. The Hall–Kier alpha value is -1.25. The average Bonchev–Trinajstić information content (AvgIpc) is 2.05. The van der Waals surface area contributed by atoms with Crippen molar-refractivity contribution in [2.24, 2.45) is 5.92 Å². The molecule has 58 valence electrons. The Kier molecular flexibility index (Phi) is 2.31. The Bertz CT molecular complexity index is 244. The van der Waals surface area contributed by atoms with Crippen LogP contribution in [0.1, 0.15) is 24.2 Å². The second-order valence-electron chi connectivity index (χ2n) is 2.65. The third-order valence-corrected chi connectivity index (χ3v) is 1.39. The molecule has 0 aliphatic carbocycles. The quantitative estimate of drug-likeness (QED) is 0.597. The van der Waals surface area contributed by atoms with Crippen molar-refractivity contribution in [2.75, 3.05) is 0 Å². The van der Waals surface area contributed by atoms with Crippen molar-refractivity contribution in [3.05, 3.63) is 24.0 Å². The highest BCUT2D eigenvalue weighted by Crippen LogP contribution is 2.04. The average molecular weight is 150 g/mol. The van der Waals surface area contributed by atoms with E-state index in [0.717, 1.165) is 0 Å². The van der Waals surface area contributed by atoms with Crippen LogP contribution in [-0.2, 0) is 0 Å². The van der Waals surface area contributed by atoms with Gasteiger partial charge >= 0.3 is 0 Å². The van der Waals surface area contributed by atoms with Crippen molar-refractivity contribution in [3.63, 3.8) is 0 Å². The lowest BCUT2D eigenvalue weighted by atomic mass is 10.0. The number of ketones is 1. The molecule has 0 unspecified atom stereocenters. The molecule has 0 aromatic carbocycles. The maximum atomic E-state index is 11.3. The molecule has 0 atom stereocenters. The fraction of sp³-hybridized carbons (Fsp3) is 0.375. The Balaban J connectivity index is 2.86.